The molecule has 19 heavy (non-hydrogen) atoms. The lowest BCUT2D eigenvalue weighted by Gasteiger charge is -2.21. The van der Waals surface area contributed by atoms with Gasteiger partial charge < -0.3 is 5.32 Å². The summed E-state index contributed by atoms with van der Waals surface area (Å²) in [4.78, 5) is 12.1. The van der Waals surface area contributed by atoms with Crippen LogP contribution in [0.4, 0.5) is 0 Å². The molecule has 4 nitrogen and oxygen atoms in total. The van der Waals surface area contributed by atoms with Gasteiger partial charge in [0.15, 0.2) is 0 Å². The average molecular weight is 263 g/mol. The number of aromatic nitrogens is 2. The Morgan fingerprint density at radius 1 is 1.63 bits per heavy atom. The third-order valence-corrected chi connectivity index (χ3v) is 4.00. The van der Waals surface area contributed by atoms with Crippen molar-refractivity contribution in [1.82, 2.24) is 15.1 Å². The number of ketones is 1. The normalized spacial score (nSPS) is 21.3. The number of carbonyl (C=O) groups excluding carboxylic acids is 1. The van der Waals surface area contributed by atoms with Gasteiger partial charge in [0, 0.05) is 18.7 Å². The molecule has 0 aromatic carbocycles. The van der Waals surface area contributed by atoms with Gasteiger partial charge >= 0.3 is 0 Å². The Morgan fingerprint density at radius 3 is 3.16 bits per heavy atom. The van der Waals surface area contributed by atoms with Crippen LogP contribution >= 0.6 is 0 Å². The van der Waals surface area contributed by atoms with Crippen molar-refractivity contribution in [2.24, 2.45) is 5.92 Å². The van der Waals surface area contributed by atoms with E-state index in [-0.39, 0.29) is 0 Å². The number of hydrogen-bond acceptors (Lipinski definition) is 3. The van der Waals surface area contributed by atoms with Crippen LogP contribution in [-0.2, 0) is 11.2 Å². The highest BCUT2D eigenvalue weighted by Crippen LogP contribution is 2.16. The van der Waals surface area contributed by atoms with Crippen molar-refractivity contribution in [2.75, 3.05) is 13.1 Å². The van der Waals surface area contributed by atoms with E-state index in [1.165, 1.54) is 12.8 Å². The van der Waals surface area contributed by atoms with Crippen molar-refractivity contribution in [1.29, 1.82) is 0 Å². The van der Waals surface area contributed by atoms with Crippen LogP contribution in [0, 0.1) is 5.92 Å². The Morgan fingerprint density at radius 2 is 2.47 bits per heavy atom. The van der Waals surface area contributed by atoms with Crippen LogP contribution in [0.2, 0.25) is 0 Å². The Kier molecular flexibility index (Phi) is 5.14. The fourth-order valence-corrected chi connectivity index (χ4v) is 2.60. The van der Waals surface area contributed by atoms with Crippen molar-refractivity contribution >= 4 is 5.78 Å². The van der Waals surface area contributed by atoms with Crippen LogP contribution in [0.25, 0.3) is 0 Å². The Balaban J connectivity index is 1.82. The summed E-state index contributed by atoms with van der Waals surface area (Å²) in [5.74, 6) is 0.848. The first-order valence-corrected chi connectivity index (χ1v) is 7.45. The predicted molar refractivity (Wildman–Crippen MR) is 76.2 cm³/mol. The van der Waals surface area contributed by atoms with Gasteiger partial charge in [-0.05, 0) is 51.3 Å². The lowest BCUT2D eigenvalue weighted by molar-refractivity contribution is -0.119. The van der Waals surface area contributed by atoms with Crippen LogP contribution in [0.3, 0.4) is 0 Å². The molecule has 106 valence electrons. The number of nitrogens with zero attached hydrogens (tertiary/aromatic N) is 2. The number of hydrogen-bond donors (Lipinski definition) is 1. The van der Waals surface area contributed by atoms with E-state index in [2.05, 4.69) is 24.3 Å². The van der Waals surface area contributed by atoms with E-state index in [0.29, 0.717) is 30.6 Å². The fraction of sp³-hybridized carbons (Fsp3) is 0.733. The summed E-state index contributed by atoms with van der Waals surface area (Å²) in [5, 5.41) is 7.85. The van der Waals surface area contributed by atoms with Crippen molar-refractivity contribution in [3.05, 3.63) is 18.0 Å². The first-order chi connectivity index (χ1) is 9.19. The maximum atomic E-state index is 12.1. The van der Waals surface area contributed by atoms with E-state index < -0.39 is 0 Å². The average Bonchev–Trinajstić information content (AvgIpc) is 2.87. The second kappa shape index (κ2) is 6.85. The number of nitrogens with one attached hydrogen (secondary N) is 1. The fourth-order valence-electron chi connectivity index (χ4n) is 2.60. The molecule has 2 heterocycles. The highest BCUT2D eigenvalue weighted by molar-refractivity contribution is 5.80. The number of Topliss-reactive ketones (excluding diaryl/α,β-unsaturated/α-hetero) is 1. The Bertz CT molecular complexity index is 407. The molecule has 1 aromatic rings. The molecule has 1 N–H and O–H groups in total. The van der Waals surface area contributed by atoms with Crippen molar-refractivity contribution in [2.45, 2.75) is 52.0 Å². The Labute approximate surface area is 115 Å². The van der Waals surface area contributed by atoms with E-state index >= 15 is 0 Å². The van der Waals surface area contributed by atoms with Crippen LogP contribution in [0.1, 0.15) is 51.3 Å². The SMILES string of the molecule is CCC(C)n1ccc(CC(=O)CC2CCCNC2)n1. The van der Waals surface area contributed by atoms with Gasteiger partial charge in [0.05, 0.1) is 12.1 Å². The molecule has 0 spiro atoms. The van der Waals surface area contributed by atoms with Crippen molar-refractivity contribution in [3.8, 4) is 0 Å². The topological polar surface area (TPSA) is 46.9 Å². The summed E-state index contributed by atoms with van der Waals surface area (Å²) in [5.41, 5.74) is 0.911. The zero-order chi connectivity index (χ0) is 13.7. The van der Waals surface area contributed by atoms with Crippen LogP contribution in [0.15, 0.2) is 12.3 Å². The largest absolute Gasteiger partial charge is 0.316 e. The maximum Gasteiger partial charge on any atom is 0.139 e. The minimum absolute atomic E-state index is 0.322. The van der Waals surface area contributed by atoms with Gasteiger partial charge in [0.1, 0.15) is 5.78 Å². The van der Waals surface area contributed by atoms with Gasteiger partial charge in [-0.25, -0.2) is 0 Å². The van der Waals surface area contributed by atoms with Gasteiger partial charge in [-0.1, -0.05) is 6.92 Å². The van der Waals surface area contributed by atoms with E-state index in [9.17, 15) is 4.79 Å². The molecule has 2 rings (SSSR count). The summed E-state index contributed by atoms with van der Waals surface area (Å²) >= 11 is 0. The molecule has 1 aliphatic heterocycles. The van der Waals surface area contributed by atoms with E-state index in [1.807, 2.05) is 16.9 Å². The quantitative estimate of drug-likeness (QED) is 0.857. The molecule has 1 saturated heterocycles. The molecule has 1 fully saturated rings. The molecule has 1 aliphatic rings. The smallest absolute Gasteiger partial charge is 0.139 e. The second-order valence-corrected chi connectivity index (χ2v) is 5.68. The lowest BCUT2D eigenvalue weighted by atomic mass is 9.93. The van der Waals surface area contributed by atoms with E-state index in [4.69, 9.17) is 0 Å². The molecule has 4 heteroatoms. The van der Waals surface area contributed by atoms with E-state index in [0.717, 1.165) is 25.2 Å². The zero-order valence-electron chi connectivity index (χ0n) is 12.1. The number of carbonyl (C=O) groups is 1. The molecule has 0 radical (unpaired) electrons. The highest BCUT2D eigenvalue weighted by atomic mass is 16.1. The molecule has 2 unspecified atom stereocenters. The number of rotatable bonds is 6. The first-order valence-electron chi connectivity index (χ1n) is 7.45. The van der Waals surface area contributed by atoms with Gasteiger partial charge in [-0.3, -0.25) is 9.48 Å². The summed E-state index contributed by atoms with van der Waals surface area (Å²) in [6.07, 6.45) is 6.60. The van der Waals surface area contributed by atoms with Gasteiger partial charge in [0.2, 0.25) is 0 Å². The van der Waals surface area contributed by atoms with Crippen molar-refractivity contribution < 1.29 is 4.79 Å². The van der Waals surface area contributed by atoms with Crippen LogP contribution in [0.5, 0.6) is 0 Å². The molecule has 0 aliphatic carbocycles. The minimum Gasteiger partial charge on any atom is -0.316 e. The summed E-state index contributed by atoms with van der Waals surface area (Å²) in [6.45, 7) is 6.39. The summed E-state index contributed by atoms with van der Waals surface area (Å²) in [6, 6.07) is 2.38. The summed E-state index contributed by atoms with van der Waals surface area (Å²) in [7, 11) is 0. The number of piperidine rings is 1. The van der Waals surface area contributed by atoms with Gasteiger partial charge in [-0.15, -0.1) is 0 Å². The zero-order valence-corrected chi connectivity index (χ0v) is 12.1. The molecule has 1 aromatic heterocycles. The van der Waals surface area contributed by atoms with Crippen LogP contribution < -0.4 is 5.32 Å². The second-order valence-electron chi connectivity index (χ2n) is 5.68. The summed E-state index contributed by atoms with van der Waals surface area (Å²) < 4.78 is 1.96. The lowest BCUT2D eigenvalue weighted by Crippen LogP contribution is -2.31. The molecular formula is C15H25N3O. The minimum atomic E-state index is 0.322. The molecule has 2 atom stereocenters. The molecular weight excluding hydrogens is 238 g/mol. The molecule has 0 bridgehead atoms. The third-order valence-electron chi connectivity index (χ3n) is 4.00. The highest BCUT2D eigenvalue weighted by Gasteiger charge is 2.17. The monoisotopic (exact) mass is 263 g/mol. The van der Waals surface area contributed by atoms with Gasteiger partial charge in [0.25, 0.3) is 0 Å². The first kappa shape index (κ1) is 14.3. The van der Waals surface area contributed by atoms with E-state index in [1.54, 1.807) is 0 Å². The third kappa shape index (κ3) is 4.16. The Hall–Kier alpha value is -1.16. The molecule has 0 amide bonds. The van der Waals surface area contributed by atoms with Crippen molar-refractivity contribution in [3.63, 3.8) is 0 Å². The standard InChI is InChI=1S/C15H25N3O/c1-3-12(2)18-8-6-14(17-18)10-15(19)9-13-5-4-7-16-11-13/h6,8,12-13,16H,3-5,7,9-11H2,1-2H3. The maximum absolute atomic E-state index is 12.1. The van der Waals surface area contributed by atoms with Gasteiger partial charge in [-0.2, -0.15) is 5.10 Å². The van der Waals surface area contributed by atoms with Crippen LogP contribution in [-0.4, -0.2) is 28.7 Å². The molecule has 0 saturated carbocycles. The predicted octanol–water partition coefficient (Wildman–Crippen LogP) is 2.36.